The third-order valence-corrected chi connectivity index (χ3v) is 2.76. The summed E-state index contributed by atoms with van der Waals surface area (Å²) in [7, 11) is 0. The summed E-state index contributed by atoms with van der Waals surface area (Å²) >= 11 is 4.98. The summed E-state index contributed by atoms with van der Waals surface area (Å²) in [6, 6.07) is 0. The molecule has 9 heavy (non-hydrogen) atoms. The number of nitrogens with zero attached hydrogens (tertiary/aromatic N) is 1. The maximum atomic E-state index is 4.20. The lowest BCUT2D eigenvalue weighted by molar-refractivity contribution is 1.24. The first-order chi connectivity index (χ1) is 4.25. The van der Waals surface area contributed by atoms with Gasteiger partial charge >= 0.3 is 0 Å². The highest BCUT2D eigenvalue weighted by molar-refractivity contribution is 9.08. The van der Waals surface area contributed by atoms with Crippen LogP contribution in [0.15, 0.2) is 0 Å². The summed E-state index contributed by atoms with van der Waals surface area (Å²) in [6.07, 6.45) is 0. The van der Waals surface area contributed by atoms with Gasteiger partial charge in [0.15, 0.2) is 0 Å². The predicted molar refractivity (Wildman–Crippen MR) is 44.2 cm³/mol. The quantitative estimate of drug-likeness (QED) is 0.643. The maximum absolute atomic E-state index is 4.20. The maximum Gasteiger partial charge on any atom is 0.0554 e. The smallest absolute Gasteiger partial charge is 0.0554 e. The molecule has 1 aromatic heterocycles. The Bertz CT molecular complexity index is 187. The first-order valence-electron chi connectivity index (χ1n) is 2.73. The van der Waals surface area contributed by atoms with E-state index in [1.165, 1.54) is 10.4 Å². The van der Waals surface area contributed by atoms with Crippen LogP contribution in [0, 0.1) is 13.8 Å². The topological polar surface area (TPSA) is 12.9 Å². The van der Waals surface area contributed by atoms with Gasteiger partial charge in [-0.15, -0.1) is 0 Å². The summed E-state index contributed by atoms with van der Waals surface area (Å²) in [6.45, 7) is 4.14. The van der Waals surface area contributed by atoms with Crippen LogP contribution in [0.1, 0.15) is 16.1 Å². The van der Waals surface area contributed by atoms with E-state index in [4.69, 9.17) is 0 Å². The largest absolute Gasteiger partial charge is 0.197 e. The molecule has 0 saturated heterocycles. The summed E-state index contributed by atoms with van der Waals surface area (Å²) in [5.41, 5.74) is 2.51. The standard InChI is InChI=1S/C6H8BrNS/c1-4-6(3-7)5(2)9-8-4/h3H2,1-2H3. The van der Waals surface area contributed by atoms with Crippen LogP contribution in [0.4, 0.5) is 0 Å². The zero-order chi connectivity index (χ0) is 6.85. The van der Waals surface area contributed by atoms with Gasteiger partial charge in [0, 0.05) is 10.2 Å². The zero-order valence-electron chi connectivity index (χ0n) is 5.44. The van der Waals surface area contributed by atoms with E-state index in [9.17, 15) is 0 Å². The molecule has 0 bridgehead atoms. The number of aromatic nitrogens is 1. The van der Waals surface area contributed by atoms with E-state index in [-0.39, 0.29) is 0 Å². The van der Waals surface area contributed by atoms with E-state index in [1.807, 2.05) is 6.92 Å². The molecule has 0 atom stereocenters. The van der Waals surface area contributed by atoms with Crippen molar-refractivity contribution in [1.82, 2.24) is 4.37 Å². The molecule has 3 heteroatoms. The Morgan fingerprint density at radius 1 is 1.56 bits per heavy atom. The minimum Gasteiger partial charge on any atom is -0.197 e. The molecule has 1 rings (SSSR count). The molecule has 0 amide bonds. The number of rotatable bonds is 1. The second kappa shape index (κ2) is 2.80. The Hall–Kier alpha value is 0.110. The monoisotopic (exact) mass is 205 g/mol. The first-order valence-corrected chi connectivity index (χ1v) is 4.63. The number of aryl methyl sites for hydroxylation is 2. The van der Waals surface area contributed by atoms with Crippen molar-refractivity contribution in [2.45, 2.75) is 19.2 Å². The molecule has 0 aliphatic carbocycles. The van der Waals surface area contributed by atoms with Crippen molar-refractivity contribution in [3.8, 4) is 0 Å². The van der Waals surface area contributed by atoms with Crippen molar-refractivity contribution in [3.63, 3.8) is 0 Å². The van der Waals surface area contributed by atoms with Crippen molar-refractivity contribution >= 4 is 27.5 Å². The highest BCUT2D eigenvalue weighted by Crippen LogP contribution is 2.19. The van der Waals surface area contributed by atoms with Crippen LogP contribution in [-0.2, 0) is 5.33 Å². The first kappa shape index (κ1) is 7.22. The van der Waals surface area contributed by atoms with Gasteiger partial charge in [0.1, 0.15) is 0 Å². The fraction of sp³-hybridized carbons (Fsp3) is 0.500. The van der Waals surface area contributed by atoms with Gasteiger partial charge in [-0.05, 0) is 30.9 Å². The Labute approximate surface area is 67.4 Å². The summed E-state index contributed by atoms with van der Waals surface area (Å²) in [5, 5.41) is 0.932. The molecule has 0 saturated carbocycles. The Morgan fingerprint density at radius 3 is 2.44 bits per heavy atom. The molecule has 0 spiro atoms. The molecule has 0 fully saturated rings. The van der Waals surface area contributed by atoms with Gasteiger partial charge in [-0.1, -0.05) is 15.9 Å². The van der Waals surface area contributed by atoms with Gasteiger partial charge in [0.2, 0.25) is 0 Å². The second-order valence-corrected chi connectivity index (χ2v) is 3.47. The van der Waals surface area contributed by atoms with E-state index < -0.39 is 0 Å². The van der Waals surface area contributed by atoms with E-state index in [0.717, 1.165) is 11.0 Å². The third-order valence-electron chi connectivity index (χ3n) is 1.31. The minimum absolute atomic E-state index is 0.932. The van der Waals surface area contributed by atoms with Crippen molar-refractivity contribution < 1.29 is 0 Å². The molecular weight excluding hydrogens is 198 g/mol. The van der Waals surface area contributed by atoms with E-state index >= 15 is 0 Å². The molecule has 0 unspecified atom stereocenters. The zero-order valence-corrected chi connectivity index (χ0v) is 7.84. The van der Waals surface area contributed by atoms with Gasteiger partial charge in [0.05, 0.1) is 5.69 Å². The highest BCUT2D eigenvalue weighted by Gasteiger charge is 2.02. The Kier molecular flexibility index (Phi) is 2.24. The average Bonchev–Trinajstić information content (AvgIpc) is 2.12. The van der Waals surface area contributed by atoms with Crippen molar-refractivity contribution in [3.05, 3.63) is 16.1 Å². The fourth-order valence-corrected chi connectivity index (χ4v) is 2.42. The summed E-state index contributed by atoms with van der Waals surface area (Å²) in [4.78, 5) is 1.32. The second-order valence-electron chi connectivity index (χ2n) is 1.94. The van der Waals surface area contributed by atoms with Gasteiger partial charge in [-0.2, -0.15) is 4.37 Å². The number of alkyl halides is 1. The lowest BCUT2D eigenvalue weighted by atomic mass is 10.2. The number of hydrogen-bond donors (Lipinski definition) is 0. The summed E-state index contributed by atoms with van der Waals surface area (Å²) < 4.78 is 4.20. The molecule has 0 N–H and O–H groups in total. The summed E-state index contributed by atoms with van der Waals surface area (Å²) in [5.74, 6) is 0. The van der Waals surface area contributed by atoms with E-state index in [1.54, 1.807) is 11.5 Å². The van der Waals surface area contributed by atoms with Crippen LogP contribution in [0.2, 0.25) is 0 Å². The predicted octanol–water partition coefficient (Wildman–Crippen LogP) is 2.65. The molecule has 1 nitrogen and oxygen atoms in total. The number of hydrogen-bond acceptors (Lipinski definition) is 2. The number of halogens is 1. The molecule has 0 aliphatic heterocycles. The Balaban J connectivity index is 3.07. The van der Waals surface area contributed by atoms with Crippen LogP contribution < -0.4 is 0 Å². The van der Waals surface area contributed by atoms with Gasteiger partial charge < -0.3 is 0 Å². The normalized spacial score (nSPS) is 10.1. The van der Waals surface area contributed by atoms with Crippen LogP contribution in [0.3, 0.4) is 0 Å². The van der Waals surface area contributed by atoms with Crippen LogP contribution >= 0.6 is 27.5 Å². The Morgan fingerprint density at radius 2 is 2.22 bits per heavy atom. The highest BCUT2D eigenvalue weighted by atomic mass is 79.9. The molecular formula is C6H8BrNS. The molecule has 1 aromatic rings. The van der Waals surface area contributed by atoms with Crippen LogP contribution in [0.5, 0.6) is 0 Å². The van der Waals surface area contributed by atoms with Gasteiger partial charge in [-0.3, -0.25) is 0 Å². The molecule has 50 valence electrons. The average molecular weight is 206 g/mol. The van der Waals surface area contributed by atoms with Gasteiger partial charge in [-0.25, -0.2) is 0 Å². The van der Waals surface area contributed by atoms with Crippen molar-refractivity contribution in [1.29, 1.82) is 0 Å². The van der Waals surface area contributed by atoms with E-state index in [0.29, 0.717) is 0 Å². The van der Waals surface area contributed by atoms with Crippen molar-refractivity contribution in [2.75, 3.05) is 0 Å². The van der Waals surface area contributed by atoms with Gasteiger partial charge in [0.25, 0.3) is 0 Å². The molecule has 1 heterocycles. The third kappa shape index (κ3) is 1.33. The SMILES string of the molecule is Cc1nsc(C)c1CBr. The van der Waals surface area contributed by atoms with Crippen molar-refractivity contribution in [2.24, 2.45) is 0 Å². The molecule has 0 aromatic carbocycles. The molecule has 0 radical (unpaired) electrons. The lowest BCUT2D eigenvalue weighted by Crippen LogP contribution is -1.79. The van der Waals surface area contributed by atoms with Crippen LogP contribution in [0.25, 0.3) is 0 Å². The van der Waals surface area contributed by atoms with E-state index in [2.05, 4.69) is 27.2 Å². The fourth-order valence-electron chi connectivity index (χ4n) is 0.693. The lowest BCUT2D eigenvalue weighted by Gasteiger charge is -1.89. The molecule has 0 aliphatic rings. The van der Waals surface area contributed by atoms with Crippen LogP contribution in [-0.4, -0.2) is 4.37 Å². The minimum atomic E-state index is 0.932.